The molecule has 1 atom stereocenters. The van der Waals surface area contributed by atoms with Crippen molar-refractivity contribution in [1.82, 2.24) is 9.88 Å². The highest BCUT2D eigenvalue weighted by Crippen LogP contribution is 2.43. The Labute approximate surface area is 216 Å². The maximum absolute atomic E-state index is 12.3. The third-order valence-electron chi connectivity index (χ3n) is 7.13. The summed E-state index contributed by atoms with van der Waals surface area (Å²) in [4.78, 5) is 24.4. The summed E-state index contributed by atoms with van der Waals surface area (Å²) in [6.07, 6.45) is 4.34. The number of nitrogens with one attached hydrogen (secondary N) is 2. The van der Waals surface area contributed by atoms with Gasteiger partial charge < -0.3 is 19.4 Å². The standard InChI is InChI=1S/C29H32N4O4/c1-17(2)31-28(34)37-23-13-14-24-25(16-30)27(33(26(24)15-23)22-5-4-6-22)20-9-11-21(12-10-20)32-29(35)36-18(3)19-7-8-19/h9-15,17-19,22H,4-8H2,1-3H3,(H,31,34)(H,32,35)/t18-/m1/s1. The van der Waals surface area contributed by atoms with Crippen molar-refractivity contribution in [3.05, 3.63) is 48.0 Å². The summed E-state index contributed by atoms with van der Waals surface area (Å²) in [5.41, 5.74) is 3.80. The number of carbonyl (C=O) groups is 2. The Morgan fingerprint density at radius 2 is 1.76 bits per heavy atom. The highest BCUT2D eigenvalue weighted by atomic mass is 16.6. The van der Waals surface area contributed by atoms with Crippen LogP contribution in [0, 0.1) is 17.2 Å². The van der Waals surface area contributed by atoms with Gasteiger partial charge in [-0.3, -0.25) is 5.32 Å². The Kier molecular flexibility index (Phi) is 6.79. The van der Waals surface area contributed by atoms with Crippen LogP contribution in [0.5, 0.6) is 5.75 Å². The molecule has 2 aromatic carbocycles. The van der Waals surface area contributed by atoms with Gasteiger partial charge in [-0.25, -0.2) is 9.59 Å². The van der Waals surface area contributed by atoms with Crippen LogP contribution in [0.25, 0.3) is 22.2 Å². The summed E-state index contributed by atoms with van der Waals surface area (Å²) < 4.78 is 13.2. The normalized spacial score (nSPS) is 16.1. The fourth-order valence-electron chi connectivity index (χ4n) is 4.84. The summed E-state index contributed by atoms with van der Waals surface area (Å²) in [5.74, 6) is 0.903. The minimum atomic E-state index is -0.509. The smallest absolute Gasteiger partial charge is 0.412 e. The second-order valence-electron chi connectivity index (χ2n) is 10.3. The Bertz CT molecular complexity index is 1360. The van der Waals surface area contributed by atoms with Crippen LogP contribution in [0.15, 0.2) is 42.5 Å². The number of fused-ring (bicyclic) bond motifs is 1. The van der Waals surface area contributed by atoms with E-state index in [0.29, 0.717) is 22.9 Å². The average Bonchev–Trinajstić information content (AvgIpc) is 3.62. The zero-order chi connectivity index (χ0) is 26.1. The summed E-state index contributed by atoms with van der Waals surface area (Å²) >= 11 is 0. The fourth-order valence-corrected chi connectivity index (χ4v) is 4.84. The van der Waals surface area contributed by atoms with Crippen molar-refractivity contribution in [1.29, 1.82) is 5.26 Å². The number of carbonyl (C=O) groups excluding carboxylic acids is 2. The third-order valence-corrected chi connectivity index (χ3v) is 7.13. The molecule has 2 saturated carbocycles. The maximum atomic E-state index is 12.3. The van der Waals surface area contributed by atoms with E-state index in [-0.39, 0.29) is 18.2 Å². The van der Waals surface area contributed by atoms with Crippen LogP contribution >= 0.6 is 0 Å². The molecule has 0 bridgehead atoms. The fraction of sp³-hybridized carbons (Fsp3) is 0.414. The molecule has 37 heavy (non-hydrogen) atoms. The lowest BCUT2D eigenvalue weighted by atomic mass is 9.92. The van der Waals surface area contributed by atoms with Crippen molar-refractivity contribution in [2.45, 2.75) is 71.1 Å². The van der Waals surface area contributed by atoms with E-state index in [2.05, 4.69) is 21.3 Å². The SMILES string of the molecule is CC(C)NC(=O)Oc1ccc2c(C#N)c(-c3ccc(NC(=O)O[C@H](C)C4CC4)cc3)n(C3CCC3)c2c1. The number of hydrogen-bond donors (Lipinski definition) is 2. The van der Waals surface area contributed by atoms with Crippen LogP contribution in [0.4, 0.5) is 15.3 Å². The van der Waals surface area contributed by atoms with Crippen LogP contribution in [0.3, 0.4) is 0 Å². The lowest BCUT2D eigenvalue weighted by Gasteiger charge is -2.30. The number of benzene rings is 2. The van der Waals surface area contributed by atoms with Gasteiger partial charge >= 0.3 is 12.2 Å². The van der Waals surface area contributed by atoms with Crippen molar-refractivity contribution in [2.75, 3.05) is 5.32 Å². The van der Waals surface area contributed by atoms with Crippen molar-refractivity contribution >= 4 is 28.8 Å². The van der Waals surface area contributed by atoms with Gasteiger partial charge in [-0.15, -0.1) is 0 Å². The first-order valence-electron chi connectivity index (χ1n) is 13.0. The number of rotatable bonds is 7. The first-order valence-corrected chi connectivity index (χ1v) is 13.0. The van der Waals surface area contributed by atoms with Gasteiger partial charge in [0.25, 0.3) is 0 Å². The Balaban J connectivity index is 1.46. The van der Waals surface area contributed by atoms with E-state index in [9.17, 15) is 14.9 Å². The minimum absolute atomic E-state index is 0.0345. The maximum Gasteiger partial charge on any atom is 0.412 e. The van der Waals surface area contributed by atoms with E-state index in [4.69, 9.17) is 9.47 Å². The van der Waals surface area contributed by atoms with E-state index in [1.165, 1.54) is 0 Å². The predicted molar refractivity (Wildman–Crippen MR) is 142 cm³/mol. The molecule has 0 saturated heterocycles. The van der Waals surface area contributed by atoms with E-state index in [0.717, 1.165) is 54.3 Å². The molecule has 3 aromatic rings. The van der Waals surface area contributed by atoms with Crippen LogP contribution in [0.2, 0.25) is 0 Å². The molecule has 2 amide bonds. The molecule has 192 valence electrons. The minimum Gasteiger partial charge on any atom is -0.446 e. The highest BCUT2D eigenvalue weighted by Gasteiger charge is 2.31. The Morgan fingerprint density at radius 1 is 1.03 bits per heavy atom. The quantitative estimate of drug-likeness (QED) is 0.373. The molecule has 1 heterocycles. The number of nitriles is 1. The molecule has 2 N–H and O–H groups in total. The second-order valence-corrected chi connectivity index (χ2v) is 10.3. The molecule has 8 heteroatoms. The van der Waals surface area contributed by atoms with E-state index >= 15 is 0 Å². The van der Waals surface area contributed by atoms with Crippen molar-refractivity contribution < 1.29 is 19.1 Å². The first-order chi connectivity index (χ1) is 17.8. The van der Waals surface area contributed by atoms with Crippen LogP contribution in [0.1, 0.15) is 64.5 Å². The molecule has 0 aliphatic heterocycles. The van der Waals surface area contributed by atoms with Gasteiger partial charge in [-0.1, -0.05) is 12.1 Å². The van der Waals surface area contributed by atoms with Gasteiger partial charge in [-0.05, 0) is 88.6 Å². The molecule has 0 spiro atoms. The Hall–Kier alpha value is -3.99. The molecule has 0 unspecified atom stereocenters. The Morgan fingerprint density at radius 3 is 2.35 bits per heavy atom. The monoisotopic (exact) mass is 500 g/mol. The number of amides is 2. The summed E-state index contributed by atoms with van der Waals surface area (Å²) in [6.45, 7) is 5.67. The lowest BCUT2D eigenvalue weighted by molar-refractivity contribution is 0.108. The van der Waals surface area contributed by atoms with Gasteiger partial charge in [0.15, 0.2) is 0 Å². The summed E-state index contributed by atoms with van der Waals surface area (Å²) in [5, 5.41) is 16.5. The van der Waals surface area contributed by atoms with E-state index in [1.54, 1.807) is 6.07 Å². The van der Waals surface area contributed by atoms with Gasteiger partial charge in [0.1, 0.15) is 17.9 Å². The molecule has 1 aromatic heterocycles. The number of anilines is 1. The van der Waals surface area contributed by atoms with Crippen molar-refractivity contribution in [3.8, 4) is 23.1 Å². The van der Waals surface area contributed by atoms with E-state index in [1.807, 2.05) is 57.2 Å². The summed E-state index contributed by atoms with van der Waals surface area (Å²) in [7, 11) is 0. The predicted octanol–water partition coefficient (Wildman–Crippen LogP) is 6.75. The molecule has 5 rings (SSSR count). The van der Waals surface area contributed by atoms with Crippen LogP contribution < -0.4 is 15.4 Å². The summed E-state index contributed by atoms with van der Waals surface area (Å²) in [6, 6.07) is 15.5. The molecule has 8 nitrogen and oxygen atoms in total. The molecule has 2 aliphatic rings. The zero-order valence-electron chi connectivity index (χ0n) is 21.4. The second kappa shape index (κ2) is 10.2. The highest BCUT2D eigenvalue weighted by molar-refractivity contribution is 5.96. The third kappa shape index (κ3) is 5.26. The average molecular weight is 501 g/mol. The number of hydrogen-bond acceptors (Lipinski definition) is 5. The largest absolute Gasteiger partial charge is 0.446 e. The zero-order valence-corrected chi connectivity index (χ0v) is 21.4. The van der Waals surface area contributed by atoms with Gasteiger partial charge in [-0.2, -0.15) is 5.26 Å². The van der Waals surface area contributed by atoms with Crippen molar-refractivity contribution in [2.24, 2.45) is 5.92 Å². The number of nitrogens with zero attached hydrogens (tertiary/aromatic N) is 2. The van der Waals surface area contributed by atoms with E-state index < -0.39 is 12.2 Å². The van der Waals surface area contributed by atoms with Gasteiger partial charge in [0.2, 0.25) is 0 Å². The van der Waals surface area contributed by atoms with Crippen molar-refractivity contribution in [3.63, 3.8) is 0 Å². The molecule has 2 fully saturated rings. The molecule has 0 radical (unpaired) electrons. The van der Waals surface area contributed by atoms with Gasteiger partial charge in [0.05, 0.1) is 16.8 Å². The lowest BCUT2D eigenvalue weighted by Crippen LogP contribution is -2.32. The molecule has 2 aliphatic carbocycles. The van der Waals surface area contributed by atoms with Crippen LogP contribution in [-0.4, -0.2) is 28.9 Å². The first kappa shape index (κ1) is 24.7. The topological polar surface area (TPSA) is 105 Å². The number of aromatic nitrogens is 1. The molecular weight excluding hydrogens is 468 g/mol. The van der Waals surface area contributed by atoms with Crippen LogP contribution in [-0.2, 0) is 4.74 Å². The van der Waals surface area contributed by atoms with Gasteiger partial charge in [0, 0.05) is 29.2 Å². The molecular formula is C29H32N4O4. The number of ether oxygens (including phenoxy) is 2.